The van der Waals surface area contributed by atoms with E-state index in [-0.39, 0.29) is 0 Å². The third-order valence-corrected chi connectivity index (χ3v) is 3.96. The average Bonchev–Trinajstić information content (AvgIpc) is 2.72. The molecule has 1 fully saturated rings. The first kappa shape index (κ1) is 12.6. The Bertz CT molecular complexity index is 347. The van der Waals surface area contributed by atoms with E-state index in [9.17, 15) is 0 Å². The van der Waals surface area contributed by atoms with Crippen LogP contribution in [0.2, 0.25) is 0 Å². The van der Waals surface area contributed by atoms with E-state index in [1.54, 1.807) is 0 Å². The van der Waals surface area contributed by atoms with Gasteiger partial charge in [-0.1, -0.05) is 12.8 Å². The van der Waals surface area contributed by atoms with Gasteiger partial charge in [-0.2, -0.15) is 0 Å². The molecule has 2 unspecified atom stereocenters. The highest BCUT2D eigenvalue weighted by molar-refractivity contribution is 4.89. The standard InChI is InChI=1S/C13H24N4/c1-11-15-7-8-17(11)10-9-16(2)13-6-4-3-5-12(13)14/h7-8,12-13H,3-6,9-10,14H2,1-2H3. The van der Waals surface area contributed by atoms with Crippen molar-refractivity contribution in [3.05, 3.63) is 18.2 Å². The molecular formula is C13H24N4. The Morgan fingerprint density at radius 1 is 1.47 bits per heavy atom. The monoisotopic (exact) mass is 236 g/mol. The van der Waals surface area contributed by atoms with Crippen molar-refractivity contribution in [2.45, 2.75) is 51.2 Å². The second-order valence-electron chi connectivity index (χ2n) is 5.16. The van der Waals surface area contributed by atoms with E-state index in [1.807, 2.05) is 19.3 Å². The summed E-state index contributed by atoms with van der Waals surface area (Å²) >= 11 is 0. The third kappa shape index (κ3) is 3.07. The van der Waals surface area contributed by atoms with Crippen molar-refractivity contribution >= 4 is 0 Å². The summed E-state index contributed by atoms with van der Waals surface area (Å²) in [6, 6.07) is 0.921. The number of imidazole rings is 1. The molecule has 1 aliphatic carbocycles. The van der Waals surface area contributed by atoms with Gasteiger partial charge in [0.25, 0.3) is 0 Å². The summed E-state index contributed by atoms with van der Waals surface area (Å²) in [5.41, 5.74) is 6.20. The molecule has 4 nitrogen and oxygen atoms in total. The lowest BCUT2D eigenvalue weighted by Gasteiger charge is -2.36. The first-order chi connectivity index (χ1) is 8.18. The van der Waals surface area contributed by atoms with Crippen LogP contribution in [0.4, 0.5) is 0 Å². The molecule has 0 saturated heterocycles. The van der Waals surface area contributed by atoms with Gasteiger partial charge in [-0.05, 0) is 26.8 Å². The summed E-state index contributed by atoms with van der Waals surface area (Å²) in [6.45, 7) is 4.10. The van der Waals surface area contributed by atoms with Crippen molar-refractivity contribution in [3.8, 4) is 0 Å². The van der Waals surface area contributed by atoms with Crippen LogP contribution in [-0.2, 0) is 6.54 Å². The molecule has 0 spiro atoms. The fraction of sp³-hybridized carbons (Fsp3) is 0.769. The van der Waals surface area contributed by atoms with E-state index >= 15 is 0 Å². The number of nitrogens with zero attached hydrogens (tertiary/aromatic N) is 3. The molecule has 0 radical (unpaired) electrons. The van der Waals surface area contributed by atoms with Crippen molar-refractivity contribution in [1.29, 1.82) is 0 Å². The molecule has 1 heterocycles. The molecule has 0 aliphatic heterocycles. The van der Waals surface area contributed by atoms with Crippen LogP contribution in [0.5, 0.6) is 0 Å². The highest BCUT2D eigenvalue weighted by atomic mass is 15.2. The molecule has 0 amide bonds. The van der Waals surface area contributed by atoms with Gasteiger partial charge >= 0.3 is 0 Å². The molecule has 96 valence electrons. The summed E-state index contributed by atoms with van der Waals surface area (Å²) in [6.07, 6.45) is 8.96. The number of aryl methyl sites for hydroxylation is 1. The van der Waals surface area contributed by atoms with Gasteiger partial charge in [0.1, 0.15) is 5.82 Å². The van der Waals surface area contributed by atoms with E-state index in [2.05, 4.69) is 21.5 Å². The molecule has 1 aromatic rings. The maximum absolute atomic E-state index is 6.20. The second-order valence-corrected chi connectivity index (χ2v) is 5.16. The van der Waals surface area contributed by atoms with Crippen LogP contribution in [0.1, 0.15) is 31.5 Å². The molecule has 2 atom stereocenters. The lowest BCUT2D eigenvalue weighted by atomic mass is 9.90. The minimum absolute atomic E-state index is 0.359. The van der Waals surface area contributed by atoms with E-state index < -0.39 is 0 Å². The number of hydrogen-bond donors (Lipinski definition) is 1. The Labute approximate surface area is 104 Å². The van der Waals surface area contributed by atoms with Crippen molar-refractivity contribution in [2.24, 2.45) is 5.73 Å². The van der Waals surface area contributed by atoms with Gasteiger partial charge in [-0.25, -0.2) is 4.98 Å². The van der Waals surface area contributed by atoms with Crippen LogP contribution >= 0.6 is 0 Å². The maximum atomic E-state index is 6.20. The summed E-state index contributed by atoms with van der Waals surface area (Å²) in [4.78, 5) is 6.66. The van der Waals surface area contributed by atoms with Crippen LogP contribution in [0, 0.1) is 6.92 Å². The van der Waals surface area contributed by atoms with Crippen molar-refractivity contribution in [2.75, 3.05) is 13.6 Å². The maximum Gasteiger partial charge on any atom is 0.105 e. The smallest absolute Gasteiger partial charge is 0.105 e. The topological polar surface area (TPSA) is 47.1 Å². The Balaban J connectivity index is 1.84. The Morgan fingerprint density at radius 2 is 2.24 bits per heavy atom. The van der Waals surface area contributed by atoms with Crippen molar-refractivity contribution in [1.82, 2.24) is 14.5 Å². The molecule has 1 aromatic heterocycles. The first-order valence-electron chi connectivity index (χ1n) is 6.62. The molecular weight excluding hydrogens is 212 g/mol. The SMILES string of the molecule is Cc1nccn1CCN(C)C1CCCCC1N. The zero-order valence-corrected chi connectivity index (χ0v) is 11.0. The highest BCUT2D eigenvalue weighted by Crippen LogP contribution is 2.20. The number of aromatic nitrogens is 2. The second kappa shape index (κ2) is 5.65. The summed E-state index contributed by atoms with van der Waals surface area (Å²) < 4.78 is 2.20. The third-order valence-electron chi connectivity index (χ3n) is 3.96. The largest absolute Gasteiger partial charge is 0.334 e. The first-order valence-corrected chi connectivity index (χ1v) is 6.62. The molecule has 2 rings (SSSR count). The lowest BCUT2D eigenvalue weighted by molar-refractivity contribution is 0.164. The summed E-state index contributed by atoms with van der Waals surface area (Å²) in [5.74, 6) is 1.09. The Hall–Kier alpha value is -0.870. The Kier molecular flexibility index (Phi) is 4.18. The van der Waals surface area contributed by atoms with Crippen LogP contribution in [0.3, 0.4) is 0 Å². The van der Waals surface area contributed by atoms with E-state index in [1.165, 1.54) is 25.7 Å². The van der Waals surface area contributed by atoms with Crippen LogP contribution in [0.25, 0.3) is 0 Å². The minimum atomic E-state index is 0.359. The molecule has 2 N–H and O–H groups in total. The number of nitrogens with two attached hydrogens (primary N) is 1. The van der Waals surface area contributed by atoms with Crippen molar-refractivity contribution < 1.29 is 0 Å². The fourth-order valence-electron chi connectivity index (χ4n) is 2.76. The molecule has 17 heavy (non-hydrogen) atoms. The van der Waals surface area contributed by atoms with Gasteiger partial charge in [-0.15, -0.1) is 0 Å². The molecule has 1 saturated carbocycles. The van der Waals surface area contributed by atoms with Crippen molar-refractivity contribution in [3.63, 3.8) is 0 Å². The molecule has 1 aliphatic rings. The summed E-state index contributed by atoms with van der Waals surface area (Å²) in [7, 11) is 2.20. The van der Waals surface area contributed by atoms with Crippen LogP contribution in [0.15, 0.2) is 12.4 Å². The molecule has 4 heteroatoms. The van der Waals surface area contributed by atoms with E-state index in [4.69, 9.17) is 5.73 Å². The predicted octanol–water partition coefficient (Wildman–Crippen LogP) is 1.39. The predicted molar refractivity (Wildman–Crippen MR) is 69.8 cm³/mol. The normalized spacial score (nSPS) is 25.4. The number of likely N-dealkylation sites (N-methyl/N-ethyl adjacent to an activating group) is 1. The van der Waals surface area contributed by atoms with E-state index in [0.717, 1.165) is 18.9 Å². The lowest BCUT2D eigenvalue weighted by Crippen LogP contribution is -2.48. The number of hydrogen-bond acceptors (Lipinski definition) is 3. The zero-order valence-electron chi connectivity index (χ0n) is 11.0. The van der Waals surface area contributed by atoms with Gasteiger partial charge in [0.2, 0.25) is 0 Å². The molecule has 0 bridgehead atoms. The average molecular weight is 236 g/mol. The minimum Gasteiger partial charge on any atom is -0.334 e. The van der Waals surface area contributed by atoms with Gasteiger partial charge < -0.3 is 15.2 Å². The van der Waals surface area contributed by atoms with Crippen LogP contribution < -0.4 is 5.73 Å². The Morgan fingerprint density at radius 3 is 2.88 bits per heavy atom. The molecule has 0 aromatic carbocycles. The quantitative estimate of drug-likeness (QED) is 0.859. The van der Waals surface area contributed by atoms with Gasteiger partial charge in [0, 0.05) is 37.6 Å². The summed E-state index contributed by atoms with van der Waals surface area (Å²) in [5, 5.41) is 0. The fourth-order valence-corrected chi connectivity index (χ4v) is 2.76. The van der Waals surface area contributed by atoms with Gasteiger partial charge in [0.05, 0.1) is 0 Å². The highest BCUT2D eigenvalue weighted by Gasteiger charge is 2.24. The van der Waals surface area contributed by atoms with Gasteiger partial charge in [-0.3, -0.25) is 0 Å². The van der Waals surface area contributed by atoms with Crippen LogP contribution in [-0.4, -0.2) is 40.1 Å². The zero-order chi connectivity index (χ0) is 12.3. The van der Waals surface area contributed by atoms with E-state index in [0.29, 0.717) is 12.1 Å². The van der Waals surface area contributed by atoms with Gasteiger partial charge in [0.15, 0.2) is 0 Å². The number of rotatable bonds is 4.